The topological polar surface area (TPSA) is 78.9 Å². The monoisotopic (exact) mass is 408 g/mol. The predicted molar refractivity (Wildman–Crippen MR) is 89.5 cm³/mol. The number of esters is 2. The number of hydrogen-bond acceptors (Lipinski definition) is 6. The van der Waals surface area contributed by atoms with Crippen molar-refractivity contribution in [2.45, 2.75) is 17.4 Å². The van der Waals surface area contributed by atoms with Gasteiger partial charge < -0.3 is 14.2 Å². The molecule has 1 aromatic carbocycles. The van der Waals surface area contributed by atoms with Gasteiger partial charge in [0.2, 0.25) is 0 Å². The molecule has 1 saturated heterocycles. The van der Waals surface area contributed by atoms with Crippen LogP contribution in [-0.2, 0) is 19.1 Å². The van der Waals surface area contributed by atoms with Gasteiger partial charge in [-0.05, 0) is 24.5 Å². The largest absolute Gasteiger partial charge is 0.497 e. The molecule has 2 saturated carbocycles. The number of ketones is 1. The number of benzene rings is 1. The van der Waals surface area contributed by atoms with Crippen molar-refractivity contribution in [3.8, 4) is 5.75 Å². The van der Waals surface area contributed by atoms with Crippen LogP contribution in [0.3, 0.4) is 0 Å². The quantitative estimate of drug-likeness (QED) is 0.421. The van der Waals surface area contributed by atoms with E-state index in [1.165, 1.54) is 7.11 Å². The van der Waals surface area contributed by atoms with Crippen molar-refractivity contribution in [3.05, 3.63) is 29.8 Å². The Hall–Kier alpha value is -1.89. The van der Waals surface area contributed by atoms with Gasteiger partial charge in [0.05, 0.1) is 23.8 Å². The number of alkyl halides is 1. The number of ether oxygens (including phenoxy) is 3. The number of halogens is 1. The summed E-state index contributed by atoms with van der Waals surface area (Å²) in [5.41, 5.74) is 0.416. The van der Waals surface area contributed by atoms with Crippen molar-refractivity contribution in [2.24, 2.45) is 23.7 Å². The average molecular weight is 409 g/mol. The molecule has 25 heavy (non-hydrogen) atoms. The van der Waals surface area contributed by atoms with Crippen LogP contribution < -0.4 is 4.74 Å². The highest BCUT2D eigenvalue weighted by molar-refractivity contribution is 9.09. The third kappa shape index (κ3) is 2.56. The van der Waals surface area contributed by atoms with Gasteiger partial charge in [0, 0.05) is 11.5 Å². The summed E-state index contributed by atoms with van der Waals surface area (Å²) in [6.45, 7) is -0.349. The van der Waals surface area contributed by atoms with Crippen molar-refractivity contribution >= 4 is 33.7 Å². The Balaban J connectivity index is 1.43. The van der Waals surface area contributed by atoms with Gasteiger partial charge in [-0.2, -0.15) is 0 Å². The standard InChI is InChI=1S/C18H17BrO6/c1-23-9-4-2-3-8(5-9)12(20)7-24-17(21)13-10-6-11-14(13)18(22)25-16(11)15(10)19/h2-5,10-11,13-16H,6-7H2,1H3/t10-,11-,13-,14-,15+,16+/m1/s1. The molecule has 3 aliphatic rings. The summed E-state index contributed by atoms with van der Waals surface area (Å²) in [4.78, 5) is 36.8. The lowest BCUT2D eigenvalue weighted by Crippen LogP contribution is -2.39. The van der Waals surface area contributed by atoms with Gasteiger partial charge in [-0.25, -0.2) is 0 Å². The van der Waals surface area contributed by atoms with Gasteiger partial charge >= 0.3 is 11.9 Å². The number of carbonyl (C=O) groups is 3. The molecule has 0 aromatic heterocycles. The van der Waals surface area contributed by atoms with E-state index in [1.54, 1.807) is 24.3 Å². The van der Waals surface area contributed by atoms with Crippen molar-refractivity contribution in [1.82, 2.24) is 0 Å². The van der Waals surface area contributed by atoms with E-state index in [-0.39, 0.29) is 41.1 Å². The van der Waals surface area contributed by atoms with E-state index < -0.39 is 17.8 Å². The Kier molecular flexibility index (Phi) is 4.06. The van der Waals surface area contributed by atoms with Crippen LogP contribution in [-0.4, -0.2) is 42.4 Å². The normalized spacial score (nSPS) is 34.7. The van der Waals surface area contributed by atoms with Gasteiger partial charge in [0.25, 0.3) is 0 Å². The van der Waals surface area contributed by atoms with Gasteiger partial charge in [0.15, 0.2) is 12.4 Å². The molecular weight excluding hydrogens is 392 g/mol. The Morgan fingerprint density at radius 3 is 2.88 bits per heavy atom. The van der Waals surface area contributed by atoms with Gasteiger partial charge in [-0.1, -0.05) is 28.1 Å². The summed E-state index contributed by atoms with van der Waals surface area (Å²) in [5.74, 6) is -1.41. The molecule has 6 atom stereocenters. The molecule has 0 radical (unpaired) electrons. The molecule has 0 unspecified atom stereocenters. The summed E-state index contributed by atoms with van der Waals surface area (Å²) in [6, 6.07) is 6.68. The molecule has 1 heterocycles. The van der Waals surface area contributed by atoms with E-state index in [2.05, 4.69) is 15.9 Å². The first kappa shape index (κ1) is 16.6. The van der Waals surface area contributed by atoms with Crippen molar-refractivity contribution in [1.29, 1.82) is 0 Å². The summed E-state index contributed by atoms with van der Waals surface area (Å²) in [6.07, 6.45) is 0.644. The van der Waals surface area contributed by atoms with Crippen LogP contribution in [0.5, 0.6) is 5.75 Å². The molecule has 1 aliphatic heterocycles. The third-order valence-electron chi connectivity index (χ3n) is 5.53. The van der Waals surface area contributed by atoms with E-state index in [1.807, 2.05) is 0 Å². The minimum absolute atomic E-state index is 0.0193. The van der Waals surface area contributed by atoms with Gasteiger partial charge in [-0.15, -0.1) is 0 Å². The maximum absolute atomic E-state index is 12.5. The molecule has 1 aromatic rings. The second-order valence-corrected chi connectivity index (χ2v) is 7.78. The van der Waals surface area contributed by atoms with Crippen LogP contribution in [0.25, 0.3) is 0 Å². The SMILES string of the molecule is COc1cccc(C(=O)COC(=O)[C@@H]2[C@H]3C[C@H]4[C@H](OC(=O)[C@H]42)[C@H]3Br)c1. The summed E-state index contributed by atoms with van der Waals surface area (Å²) in [7, 11) is 1.52. The Bertz CT molecular complexity index is 747. The zero-order chi connectivity index (χ0) is 17.7. The first-order chi connectivity index (χ1) is 12.0. The fraction of sp³-hybridized carbons (Fsp3) is 0.500. The van der Waals surface area contributed by atoms with E-state index in [4.69, 9.17) is 14.2 Å². The number of carbonyl (C=O) groups excluding carboxylic acids is 3. The predicted octanol–water partition coefficient (Wildman–Crippen LogP) is 1.99. The van der Waals surface area contributed by atoms with E-state index in [9.17, 15) is 14.4 Å². The van der Waals surface area contributed by atoms with E-state index >= 15 is 0 Å². The number of Topliss-reactive ketones (excluding diaryl/α,β-unsaturated/α-hetero) is 1. The molecule has 7 heteroatoms. The van der Waals surface area contributed by atoms with Crippen LogP contribution in [0.15, 0.2) is 24.3 Å². The molecule has 4 rings (SSSR count). The maximum atomic E-state index is 12.5. The minimum atomic E-state index is -0.529. The second-order valence-electron chi connectivity index (χ2n) is 6.72. The van der Waals surface area contributed by atoms with Gasteiger partial charge in [-0.3, -0.25) is 14.4 Å². The summed E-state index contributed by atoms with van der Waals surface area (Å²) >= 11 is 3.55. The molecule has 0 spiro atoms. The lowest BCUT2D eigenvalue weighted by Gasteiger charge is -2.26. The Morgan fingerprint density at radius 1 is 1.32 bits per heavy atom. The van der Waals surface area contributed by atoms with Crippen LogP contribution in [0, 0.1) is 23.7 Å². The van der Waals surface area contributed by atoms with Crippen LogP contribution >= 0.6 is 15.9 Å². The molecule has 6 nitrogen and oxygen atoms in total. The number of methoxy groups -OCH3 is 1. The highest BCUT2D eigenvalue weighted by Gasteiger charge is 2.68. The maximum Gasteiger partial charge on any atom is 0.310 e. The van der Waals surface area contributed by atoms with Crippen molar-refractivity contribution in [3.63, 3.8) is 0 Å². The zero-order valence-corrected chi connectivity index (χ0v) is 15.1. The fourth-order valence-electron chi connectivity index (χ4n) is 4.41. The number of hydrogen-bond donors (Lipinski definition) is 0. The molecule has 2 aliphatic carbocycles. The molecule has 0 N–H and O–H groups in total. The Morgan fingerprint density at radius 2 is 2.12 bits per heavy atom. The highest BCUT2D eigenvalue weighted by atomic mass is 79.9. The Labute approximate surface area is 152 Å². The number of rotatable bonds is 5. The molecule has 3 fully saturated rings. The lowest BCUT2D eigenvalue weighted by molar-refractivity contribution is -0.154. The van der Waals surface area contributed by atoms with Gasteiger partial charge in [0.1, 0.15) is 11.9 Å². The molecular formula is C18H17BrO6. The average Bonchev–Trinajstić information content (AvgIpc) is 3.23. The molecule has 132 valence electrons. The summed E-state index contributed by atoms with van der Waals surface area (Å²) in [5, 5.41) is 0. The molecule has 0 amide bonds. The highest BCUT2D eigenvalue weighted by Crippen LogP contribution is 2.60. The second kappa shape index (κ2) is 6.12. The lowest BCUT2D eigenvalue weighted by atomic mass is 9.80. The van der Waals surface area contributed by atoms with E-state index in [0.717, 1.165) is 6.42 Å². The van der Waals surface area contributed by atoms with E-state index in [0.29, 0.717) is 11.3 Å². The first-order valence-corrected chi connectivity index (χ1v) is 9.11. The molecule has 2 bridgehead atoms. The first-order valence-electron chi connectivity index (χ1n) is 8.19. The van der Waals surface area contributed by atoms with Crippen LogP contribution in [0.2, 0.25) is 0 Å². The smallest absolute Gasteiger partial charge is 0.310 e. The number of fused-ring (bicyclic) bond motifs is 1. The summed E-state index contributed by atoms with van der Waals surface area (Å²) < 4.78 is 15.7. The third-order valence-corrected chi connectivity index (χ3v) is 6.73. The minimum Gasteiger partial charge on any atom is -0.497 e. The van der Waals surface area contributed by atoms with Crippen LogP contribution in [0.4, 0.5) is 0 Å². The zero-order valence-electron chi connectivity index (χ0n) is 13.5. The van der Waals surface area contributed by atoms with Crippen molar-refractivity contribution in [2.75, 3.05) is 13.7 Å². The fourth-order valence-corrected chi connectivity index (χ4v) is 5.45. The van der Waals surface area contributed by atoms with Crippen LogP contribution in [0.1, 0.15) is 16.8 Å². The van der Waals surface area contributed by atoms with Crippen molar-refractivity contribution < 1.29 is 28.6 Å².